The van der Waals surface area contributed by atoms with Crippen LogP contribution in [0, 0.1) is 0 Å². The lowest BCUT2D eigenvalue weighted by atomic mass is 10.1. The average Bonchev–Trinajstić information content (AvgIpc) is 2.83. The molecule has 1 amide bonds. The highest BCUT2D eigenvalue weighted by Crippen LogP contribution is 2.23. The third-order valence-corrected chi connectivity index (χ3v) is 5.06. The lowest BCUT2D eigenvalue weighted by molar-refractivity contribution is -0.126. The van der Waals surface area contributed by atoms with Crippen LogP contribution in [-0.2, 0) is 4.79 Å². The van der Waals surface area contributed by atoms with Crippen LogP contribution in [-0.4, -0.2) is 59.0 Å². The van der Waals surface area contributed by atoms with Gasteiger partial charge in [0, 0.05) is 56.3 Å². The topological polar surface area (TPSA) is 71.5 Å². The van der Waals surface area contributed by atoms with Gasteiger partial charge >= 0.3 is 0 Å². The van der Waals surface area contributed by atoms with Gasteiger partial charge in [-0.05, 0) is 42.0 Å². The Morgan fingerprint density at radius 1 is 1.07 bits per heavy atom. The molecule has 30 heavy (non-hydrogen) atoms. The largest absolute Gasteiger partial charge is 0.497 e. The molecule has 1 aliphatic heterocycles. The zero-order chi connectivity index (χ0) is 20.8. The molecular weight excluding hydrogens is 378 g/mol. The maximum Gasteiger partial charge on any atom is 0.246 e. The molecule has 152 valence electrons. The number of carbonyl (C=O) groups excluding carboxylic acids is 1. The third-order valence-electron chi connectivity index (χ3n) is 5.06. The van der Waals surface area contributed by atoms with Crippen LogP contribution in [0.4, 0.5) is 5.82 Å². The Labute approximate surface area is 175 Å². The summed E-state index contributed by atoms with van der Waals surface area (Å²) < 4.78 is 5.21. The molecule has 0 atom stereocenters. The molecular formula is C23H23N5O2. The molecule has 1 fully saturated rings. The Morgan fingerprint density at radius 3 is 2.57 bits per heavy atom. The summed E-state index contributed by atoms with van der Waals surface area (Å²) in [7, 11) is 1.65. The first kappa shape index (κ1) is 19.6. The fourth-order valence-electron chi connectivity index (χ4n) is 3.34. The summed E-state index contributed by atoms with van der Waals surface area (Å²) in [5, 5.41) is 0. The minimum Gasteiger partial charge on any atom is -0.497 e. The molecule has 1 aliphatic rings. The van der Waals surface area contributed by atoms with E-state index in [-0.39, 0.29) is 5.91 Å². The van der Waals surface area contributed by atoms with Gasteiger partial charge in [-0.15, -0.1) is 0 Å². The number of aromatic nitrogens is 3. The van der Waals surface area contributed by atoms with Crippen molar-refractivity contribution in [3.8, 4) is 17.0 Å². The Morgan fingerprint density at radius 2 is 1.87 bits per heavy atom. The van der Waals surface area contributed by atoms with Crippen molar-refractivity contribution in [1.29, 1.82) is 0 Å². The first-order valence-corrected chi connectivity index (χ1v) is 9.81. The first-order chi connectivity index (χ1) is 14.7. The van der Waals surface area contributed by atoms with Gasteiger partial charge < -0.3 is 14.5 Å². The molecule has 7 heteroatoms. The second-order valence-electron chi connectivity index (χ2n) is 6.92. The van der Waals surface area contributed by atoms with Crippen LogP contribution in [0.2, 0.25) is 0 Å². The zero-order valence-electron chi connectivity index (χ0n) is 16.8. The van der Waals surface area contributed by atoms with Gasteiger partial charge in [-0.25, -0.2) is 9.97 Å². The first-order valence-electron chi connectivity index (χ1n) is 9.81. The summed E-state index contributed by atoms with van der Waals surface area (Å²) in [4.78, 5) is 29.4. The standard InChI is InChI=1S/C23H23N5O2/c1-30-20-7-5-19(6-8-20)21-15-22(26-17-25-21)27-11-13-28(14-12-27)23(29)9-4-18-3-2-10-24-16-18/h2-10,15-17H,11-14H2,1H3/b9-4-. The molecule has 0 saturated carbocycles. The number of piperazine rings is 1. The third kappa shape index (κ3) is 4.63. The summed E-state index contributed by atoms with van der Waals surface area (Å²) in [5.74, 6) is 1.69. The summed E-state index contributed by atoms with van der Waals surface area (Å²) in [6.07, 6.45) is 8.44. The molecule has 0 bridgehead atoms. The lowest BCUT2D eigenvalue weighted by Crippen LogP contribution is -2.48. The van der Waals surface area contributed by atoms with Crippen LogP contribution in [0.25, 0.3) is 17.3 Å². The van der Waals surface area contributed by atoms with E-state index in [2.05, 4.69) is 19.9 Å². The van der Waals surface area contributed by atoms with Crippen molar-refractivity contribution in [3.05, 3.63) is 72.8 Å². The van der Waals surface area contributed by atoms with Crippen molar-refractivity contribution in [2.45, 2.75) is 0 Å². The molecule has 0 aliphatic carbocycles. The van der Waals surface area contributed by atoms with E-state index in [9.17, 15) is 4.79 Å². The van der Waals surface area contributed by atoms with Gasteiger partial charge in [-0.2, -0.15) is 0 Å². The van der Waals surface area contributed by atoms with Crippen molar-refractivity contribution < 1.29 is 9.53 Å². The Kier molecular flexibility index (Phi) is 5.98. The van der Waals surface area contributed by atoms with Crippen LogP contribution in [0.3, 0.4) is 0 Å². The van der Waals surface area contributed by atoms with E-state index in [4.69, 9.17) is 4.74 Å². The number of rotatable bonds is 5. The normalized spacial score (nSPS) is 14.2. The minimum absolute atomic E-state index is 0.0140. The fourth-order valence-corrected chi connectivity index (χ4v) is 3.34. The number of anilines is 1. The van der Waals surface area contributed by atoms with Crippen molar-refractivity contribution >= 4 is 17.8 Å². The Bertz CT molecular complexity index is 1010. The molecule has 0 N–H and O–H groups in total. The summed E-state index contributed by atoms with van der Waals surface area (Å²) >= 11 is 0. The maximum atomic E-state index is 12.5. The number of nitrogens with zero attached hydrogens (tertiary/aromatic N) is 5. The molecule has 0 radical (unpaired) electrons. The van der Waals surface area contributed by atoms with E-state index >= 15 is 0 Å². The highest BCUT2D eigenvalue weighted by Gasteiger charge is 2.21. The quantitative estimate of drug-likeness (QED) is 0.612. The minimum atomic E-state index is 0.0140. The van der Waals surface area contributed by atoms with Crippen molar-refractivity contribution in [2.75, 3.05) is 38.2 Å². The molecule has 1 saturated heterocycles. The van der Waals surface area contributed by atoms with Gasteiger partial charge in [-0.1, -0.05) is 6.07 Å². The van der Waals surface area contributed by atoms with Crippen LogP contribution in [0.15, 0.2) is 67.3 Å². The fraction of sp³-hybridized carbons (Fsp3) is 0.217. The molecule has 4 rings (SSSR count). The summed E-state index contributed by atoms with van der Waals surface area (Å²) in [6, 6.07) is 13.6. The van der Waals surface area contributed by atoms with Crippen molar-refractivity contribution in [3.63, 3.8) is 0 Å². The summed E-state index contributed by atoms with van der Waals surface area (Å²) in [6.45, 7) is 2.76. The molecule has 0 spiro atoms. The Hall–Kier alpha value is -3.74. The number of hydrogen-bond donors (Lipinski definition) is 0. The van der Waals surface area contributed by atoms with Crippen LogP contribution >= 0.6 is 0 Å². The highest BCUT2D eigenvalue weighted by molar-refractivity contribution is 5.91. The average molecular weight is 401 g/mol. The predicted molar refractivity (Wildman–Crippen MR) is 116 cm³/mol. The number of benzene rings is 1. The number of pyridine rings is 1. The highest BCUT2D eigenvalue weighted by atomic mass is 16.5. The summed E-state index contributed by atoms with van der Waals surface area (Å²) in [5.41, 5.74) is 2.78. The van der Waals surface area contributed by atoms with Gasteiger partial charge in [0.1, 0.15) is 17.9 Å². The van der Waals surface area contributed by atoms with Crippen LogP contribution in [0.5, 0.6) is 5.75 Å². The monoisotopic (exact) mass is 401 g/mol. The number of methoxy groups -OCH3 is 1. The molecule has 3 heterocycles. The van der Waals surface area contributed by atoms with E-state index in [1.165, 1.54) is 0 Å². The van der Waals surface area contributed by atoms with Crippen LogP contribution in [0.1, 0.15) is 5.56 Å². The van der Waals surface area contributed by atoms with Gasteiger partial charge in [0.2, 0.25) is 5.91 Å². The second kappa shape index (κ2) is 9.17. The van der Waals surface area contributed by atoms with Gasteiger partial charge in [0.25, 0.3) is 0 Å². The molecule has 1 aromatic carbocycles. The number of ether oxygens (including phenoxy) is 1. The van der Waals surface area contributed by atoms with Gasteiger partial charge in [-0.3, -0.25) is 9.78 Å². The van der Waals surface area contributed by atoms with E-state index < -0.39 is 0 Å². The number of amides is 1. The van der Waals surface area contributed by atoms with E-state index in [1.807, 2.05) is 47.4 Å². The van der Waals surface area contributed by atoms with Gasteiger partial charge in [0.05, 0.1) is 12.8 Å². The molecule has 2 aromatic heterocycles. The molecule has 7 nitrogen and oxygen atoms in total. The van der Waals surface area contributed by atoms with E-state index in [0.717, 1.165) is 41.5 Å². The Balaban J connectivity index is 1.38. The van der Waals surface area contributed by atoms with E-state index in [1.54, 1.807) is 38.0 Å². The maximum absolute atomic E-state index is 12.5. The van der Waals surface area contributed by atoms with Crippen molar-refractivity contribution in [1.82, 2.24) is 19.9 Å². The number of carbonyl (C=O) groups is 1. The van der Waals surface area contributed by atoms with Crippen LogP contribution < -0.4 is 9.64 Å². The predicted octanol–water partition coefficient (Wildman–Crippen LogP) is 2.91. The SMILES string of the molecule is COc1ccc(-c2cc(N3CCN(C(=O)/C=C\c4cccnc4)CC3)ncn2)cc1. The molecule has 0 unspecified atom stereocenters. The lowest BCUT2D eigenvalue weighted by Gasteiger charge is -2.35. The van der Waals surface area contributed by atoms with E-state index in [0.29, 0.717) is 13.1 Å². The second-order valence-corrected chi connectivity index (χ2v) is 6.92. The van der Waals surface area contributed by atoms with Crippen molar-refractivity contribution in [2.24, 2.45) is 0 Å². The smallest absolute Gasteiger partial charge is 0.246 e. The number of hydrogen-bond acceptors (Lipinski definition) is 6. The van der Waals surface area contributed by atoms with Gasteiger partial charge in [0.15, 0.2) is 0 Å². The molecule has 3 aromatic rings. The zero-order valence-corrected chi connectivity index (χ0v) is 16.8.